The zero-order chi connectivity index (χ0) is 13.5. The molecule has 0 aliphatic heterocycles. The van der Waals surface area contributed by atoms with Gasteiger partial charge in [-0.3, -0.25) is 4.79 Å². The van der Waals surface area contributed by atoms with Crippen molar-refractivity contribution in [2.75, 3.05) is 18.1 Å². The Labute approximate surface area is 103 Å². The number of esters is 1. The normalized spacial score (nSPS) is 14.7. The van der Waals surface area contributed by atoms with Gasteiger partial charge < -0.3 is 4.74 Å². The van der Waals surface area contributed by atoms with Gasteiger partial charge in [-0.05, 0) is 26.7 Å². The van der Waals surface area contributed by atoms with Crippen molar-refractivity contribution >= 4 is 15.8 Å². The van der Waals surface area contributed by atoms with Crippen LogP contribution in [0.1, 0.15) is 33.6 Å². The van der Waals surface area contributed by atoms with Crippen LogP contribution in [0.25, 0.3) is 0 Å². The Morgan fingerprint density at radius 2 is 1.94 bits per heavy atom. The van der Waals surface area contributed by atoms with Crippen LogP contribution in [0.2, 0.25) is 0 Å². The summed E-state index contributed by atoms with van der Waals surface area (Å²) in [5.41, 5.74) is -1.38. The molecule has 0 radical (unpaired) electrons. The van der Waals surface area contributed by atoms with Gasteiger partial charge in [0.2, 0.25) is 0 Å². The highest BCUT2D eigenvalue weighted by Gasteiger charge is 2.36. The highest BCUT2D eigenvalue weighted by molar-refractivity contribution is 7.91. The van der Waals surface area contributed by atoms with E-state index in [-0.39, 0.29) is 24.5 Å². The predicted octanol–water partition coefficient (Wildman–Crippen LogP) is 1.29. The number of rotatable bonds is 7. The molecule has 0 fully saturated rings. The first-order chi connectivity index (χ1) is 7.81. The Balaban J connectivity index is 4.62. The van der Waals surface area contributed by atoms with Gasteiger partial charge >= 0.3 is 5.97 Å². The Kier molecular flexibility index (Phi) is 6.18. The first kappa shape index (κ1) is 15.9. The van der Waals surface area contributed by atoms with Crippen LogP contribution in [-0.4, -0.2) is 32.5 Å². The standard InChI is InChI=1S/C11H19NO4S/c1-4-7-17(14,15)8-6-11(3,9-12)10(13)16-5-2/h4-8H2,1-3H3. The second kappa shape index (κ2) is 6.60. The van der Waals surface area contributed by atoms with Crippen LogP contribution in [0, 0.1) is 16.7 Å². The molecular weight excluding hydrogens is 242 g/mol. The minimum absolute atomic E-state index is 0.0231. The largest absolute Gasteiger partial charge is 0.465 e. The summed E-state index contributed by atoms with van der Waals surface area (Å²) < 4.78 is 27.8. The lowest BCUT2D eigenvalue weighted by Gasteiger charge is -2.18. The summed E-state index contributed by atoms with van der Waals surface area (Å²) >= 11 is 0. The van der Waals surface area contributed by atoms with Gasteiger partial charge in [0.1, 0.15) is 9.84 Å². The van der Waals surface area contributed by atoms with E-state index in [4.69, 9.17) is 10.00 Å². The van der Waals surface area contributed by atoms with Gasteiger partial charge in [-0.15, -0.1) is 0 Å². The van der Waals surface area contributed by atoms with Crippen molar-refractivity contribution in [1.82, 2.24) is 0 Å². The number of hydrogen-bond donors (Lipinski definition) is 0. The Hall–Kier alpha value is -1.09. The molecule has 0 rings (SSSR count). The molecule has 98 valence electrons. The highest BCUT2D eigenvalue weighted by Crippen LogP contribution is 2.23. The van der Waals surface area contributed by atoms with E-state index in [1.54, 1.807) is 13.8 Å². The van der Waals surface area contributed by atoms with E-state index in [1.807, 2.05) is 6.07 Å². The number of sulfone groups is 1. The zero-order valence-corrected chi connectivity index (χ0v) is 11.3. The predicted molar refractivity (Wildman–Crippen MR) is 63.9 cm³/mol. The molecule has 1 atom stereocenters. The first-order valence-corrected chi connectivity index (χ1v) is 7.42. The fourth-order valence-electron chi connectivity index (χ4n) is 1.27. The number of hydrogen-bond acceptors (Lipinski definition) is 5. The number of carbonyl (C=O) groups is 1. The molecule has 0 spiro atoms. The fourth-order valence-corrected chi connectivity index (χ4v) is 2.81. The van der Waals surface area contributed by atoms with Crippen molar-refractivity contribution < 1.29 is 17.9 Å². The van der Waals surface area contributed by atoms with Crippen molar-refractivity contribution in [3.8, 4) is 6.07 Å². The van der Waals surface area contributed by atoms with E-state index in [9.17, 15) is 13.2 Å². The van der Waals surface area contributed by atoms with Gasteiger partial charge in [-0.25, -0.2) is 8.42 Å². The molecule has 0 bridgehead atoms. The first-order valence-electron chi connectivity index (χ1n) is 5.60. The van der Waals surface area contributed by atoms with Gasteiger partial charge in [0.25, 0.3) is 0 Å². The molecule has 0 saturated carbocycles. The number of carbonyl (C=O) groups excluding carboxylic acids is 1. The van der Waals surface area contributed by atoms with Crippen LogP contribution in [0.4, 0.5) is 0 Å². The summed E-state index contributed by atoms with van der Waals surface area (Å²) in [6, 6.07) is 1.84. The Bertz CT molecular complexity index is 396. The second-order valence-electron chi connectivity index (χ2n) is 4.07. The van der Waals surface area contributed by atoms with Gasteiger partial charge in [0.05, 0.1) is 18.4 Å². The third-order valence-electron chi connectivity index (χ3n) is 2.40. The average molecular weight is 261 g/mol. The van der Waals surface area contributed by atoms with Crippen LogP contribution in [-0.2, 0) is 19.4 Å². The number of nitrogens with zero attached hydrogens (tertiary/aromatic N) is 1. The molecule has 0 aromatic heterocycles. The molecule has 17 heavy (non-hydrogen) atoms. The molecule has 0 aliphatic carbocycles. The summed E-state index contributed by atoms with van der Waals surface area (Å²) in [6.45, 7) is 5.00. The summed E-state index contributed by atoms with van der Waals surface area (Å²) in [5.74, 6) is -0.740. The summed E-state index contributed by atoms with van der Waals surface area (Å²) in [7, 11) is -3.18. The SMILES string of the molecule is CCCS(=O)(=O)CCC(C)(C#N)C(=O)OCC. The third-order valence-corrected chi connectivity index (χ3v) is 4.26. The quantitative estimate of drug-likeness (QED) is 0.645. The maximum absolute atomic E-state index is 11.5. The van der Waals surface area contributed by atoms with Crippen molar-refractivity contribution in [3.05, 3.63) is 0 Å². The van der Waals surface area contributed by atoms with E-state index in [0.29, 0.717) is 6.42 Å². The molecule has 0 heterocycles. The van der Waals surface area contributed by atoms with Crippen LogP contribution in [0.3, 0.4) is 0 Å². The Morgan fingerprint density at radius 1 is 1.35 bits per heavy atom. The summed E-state index contributed by atoms with van der Waals surface area (Å²) in [5, 5.41) is 8.96. The van der Waals surface area contributed by atoms with Gasteiger partial charge in [-0.2, -0.15) is 5.26 Å². The van der Waals surface area contributed by atoms with E-state index in [1.165, 1.54) is 6.92 Å². The van der Waals surface area contributed by atoms with Gasteiger partial charge in [0, 0.05) is 5.75 Å². The topological polar surface area (TPSA) is 84.2 Å². The molecular formula is C11H19NO4S. The van der Waals surface area contributed by atoms with E-state index in [0.717, 1.165) is 0 Å². The number of ether oxygens (including phenoxy) is 1. The zero-order valence-electron chi connectivity index (χ0n) is 10.5. The van der Waals surface area contributed by atoms with E-state index < -0.39 is 21.2 Å². The van der Waals surface area contributed by atoms with Crippen LogP contribution >= 0.6 is 0 Å². The molecule has 1 unspecified atom stereocenters. The molecule has 0 N–H and O–H groups in total. The molecule has 0 aromatic carbocycles. The number of nitriles is 1. The molecule has 0 saturated heterocycles. The minimum atomic E-state index is -3.18. The lowest BCUT2D eigenvalue weighted by atomic mass is 9.90. The highest BCUT2D eigenvalue weighted by atomic mass is 32.2. The minimum Gasteiger partial charge on any atom is -0.465 e. The summed E-state index contributed by atoms with van der Waals surface area (Å²) in [6.07, 6.45) is 0.510. The third kappa shape index (κ3) is 5.18. The van der Waals surface area contributed by atoms with Crippen molar-refractivity contribution in [1.29, 1.82) is 5.26 Å². The Morgan fingerprint density at radius 3 is 2.35 bits per heavy atom. The maximum atomic E-state index is 11.5. The van der Waals surface area contributed by atoms with Crippen LogP contribution < -0.4 is 0 Å². The summed E-state index contributed by atoms with van der Waals surface area (Å²) in [4.78, 5) is 11.5. The fraction of sp³-hybridized carbons (Fsp3) is 0.818. The van der Waals surface area contributed by atoms with Crippen LogP contribution in [0.5, 0.6) is 0 Å². The lowest BCUT2D eigenvalue weighted by molar-refractivity contribution is -0.151. The van der Waals surface area contributed by atoms with Gasteiger partial charge in [0.15, 0.2) is 5.41 Å². The van der Waals surface area contributed by atoms with E-state index >= 15 is 0 Å². The smallest absolute Gasteiger partial charge is 0.326 e. The average Bonchev–Trinajstić information content (AvgIpc) is 2.26. The van der Waals surface area contributed by atoms with Crippen LogP contribution in [0.15, 0.2) is 0 Å². The van der Waals surface area contributed by atoms with Gasteiger partial charge in [-0.1, -0.05) is 6.92 Å². The molecule has 0 aliphatic rings. The molecule has 5 nitrogen and oxygen atoms in total. The van der Waals surface area contributed by atoms with E-state index in [2.05, 4.69) is 0 Å². The lowest BCUT2D eigenvalue weighted by Crippen LogP contribution is -2.31. The molecule has 0 amide bonds. The van der Waals surface area contributed by atoms with Crippen molar-refractivity contribution in [3.63, 3.8) is 0 Å². The maximum Gasteiger partial charge on any atom is 0.326 e. The van der Waals surface area contributed by atoms with Crippen molar-refractivity contribution in [2.45, 2.75) is 33.6 Å². The van der Waals surface area contributed by atoms with Crippen molar-refractivity contribution in [2.24, 2.45) is 5.41 Å². The molecule has 0 aromatic rings. The molecule has 6 heteroatoms. The monoisotopic (exact) mass is 261 g/mol. The second-order valence-corrected chi connectivity index (χ2v) is 6.37.